The first-order valence-corrected chi connectivity index (χ1v) is 11.1. The first kappa shape index (κ1) is 22.9. The van der Waals surface area contributed by atoms with Crippen LogP contribution in [-0.4, -0.2) is 28.4 Å². The third-order valence-corrected chi connectivity index (χ3v) is 5.75. The van der Waals surface area contributed by atoms with Gasteiger partial charge in [-0.2, -0.15) is 13.2 Å². The number of nitrogens with zero attached hydrogens (tertiary/aromatic N) is 2. The van der Waals surface area contributed by atoms with E-state index in [1.165, 1.54) is 0 Å². The van der Waals surface area contributed by atoms with Crippen LogP contribution < -0.4 is 14.8 Å². The Bertz CT molecular complexity index is 1140. The third-order valence-electron chi connectivity index (χ3n) is 4.90. The van der Waals surface area contributed by atoms with Crippen molar-refractivity contribution in [2.75, 3.05) is 12.5 Å². The fraction of sp³-hybridized carbons (Fsp3) is 0.261. The summed E-state index contributed by atoms with van der Waals surface area (Å²) < 4.78 is 50.8. The third kappa shape index (κ3) is 5.75. The molecule has 0 spiro atoms. The molecule has 2 aromatic carbocycles. The summed E-state index contributed by atoms with van der Waals surface area (Å²) in [5.41, 5.74) is 0.478. The van der Waals surface area contributed by atoms with Crippen molar-refractivity contribution in [1.29, 1.82) is 0 Å². The molecule has 1 aliphatic heterocycles. The number of halogens is 3. The van der Waals surface area contributed by atoms with E-state index in [1.807, 2.05) is 37.3 Å². The zero-order valence-electron chi connectivity index (χ0n) is 17.6. The molecule has 172 valence electrons. The zero-order chi connectivity index (χ0) is 23.4. The van der Waals surface area contributed by atoms with Gasteiger partial charge in [-0.3, -0.25) is 4.79 Å². The number of ether oxygens (including phenoxy) is 2. The monoisotopic (exact) mass is 475 g/mol. The molecule has 0 unspecified atom stereocenters. The van der Waals surface area contributed by atoms with E-state index in [9.17, 15) is 18.0 Å². The van der Waals surface area contributed by atoms with E-state index >= 15 is 0 Å². The Hall–Kier alpha value is -3.27. The number of carbonyl (C=O) groups excluding carboxylic acids is 1. The molecule has 2 heterocycles. The zero-order valence-corrected chi connectivity index (χ0v) is 18.4. The molecule has 4 rings (SSSR count). The number of amides is 1. The van der Waals surface area contributed by atoms with Crippen molar-refractivity contribution in [3.8, 4) is 22.8 Å². The van der Waals surface area contributed by atoms with Gasteiger partial charge in [-0.1, -0.05) is 42.1 Å². The summed E-state index contributed by atoms with van der Waals surface area (Å²) in [4.78, 5) is 20.2. The van der Waals surface area contributed by atoms with Crippen LogP contribution >= 0.6 is 11.8 Å². The number of hydrogen-bond donors (Lipinski definition) is 1. The van der Waals surface area contributed by atoms with E-state index in [0.717, 1.165) is 23.4 Å². The summed E-state index contributed by atoms with van der Waals surface area (Å²) in [6.45, 7) is 1.93. The molecule has 1 aliphatic rings. The molecule has 1 N–H and O–H groups in total. The number of carbonyl (C=O) groups is 1. The van der Waals surface area contributed by atoms with E-state index < -0.39 is 11.9 Å². The smallest absolute Gasteiger partial charge is 0.433 e. The van der Waals surface area contributed by atoms with Gasteiger partial charge in [0.1, 0.15) is 5.69 Å². The van der Waals surface area contributed by atoms with Crippen molar-refractivity contribution in [3.05, 3.63) is 65.9 Å². The lowest BCUT2D eigenvalue weighted by molar-refractivity contribution is -0.141. The van der Waals surface area contributed by atoms with Crippen molar-refractivity contribution < 1.29 is 27.4 Å². The van der Waals surface area contributed by atoms with Crippen LogP contribution in [0.2, 0.25) is 0 Å². The molecule has 0 bridgehead atoms. The highest BCUT2D eigenvalue weighted by molar-refractivity contribution is 7.99. The minimum absolute atomic E-state index is 0.0543. The predicted molar refractivity (Wildman–Crippen MR) is 117 cm³/mol. The van der Waals surface area contributed by atoms with Crippen LogP contribution in [0.25, 0.3) is 11.3 Å². The molecule has 6 nitrogen and oxygen atoms in total. The highest BCUT2D eigenvalue weighted by Gasteiger charge is 2.34. The lowest BCUT2D eigenvalue weighted by Crippen LogP contribution is -2.26. The van der Waals surface area contributed by atoms with E-state index in [2.05, 4.69) is 15.3 Å². The lowest BCUT2D eigenvalue weighted by atomic mass is 10.1. The number of nitrogens with one attached hydrogen (secondary N) is 1. The maximum Gasteiger partial charge on any atom is 0.433 e. The lowest BCUT2D eigenvalue weighted by Gasteiger charge is -2.14. The maximum atomic E-state index is 13.4. The predicted octanol–water partition coefficient (Wildman–Crippen LogP) is 5.25. The molecule has 0 saturated carbocycles. The van der Waals surface area contributed by atoms with Gasteiger partial charge in [0.15, 0.2) is 16.7 Å². The summed E-state index contributed by atoms with van der Waals surface area (Å²) >= 11 is 0.997. The molecule has 33 heavy (non-hydrogen) atoms. The van der Waals surface area contributed by atoms with E-state index in [4.69, 9.17) is 9.47 Å². The number of benzene rings is 2. The number of hydrogen-bond acceptors (Lipinski definition) is 6. The number of alkyl halides is 3. The molecule has 3 aromatic rings. The van der Waals surface area contributed by atoms with Gasteiger partial charge in [0.05, 0.1) is 11.7 Å². The van der Waals surface area contributed by atoms with Crippen LogP contribution in [0.1, 0.15) is 30.6 Å². The molecule has 0 radical (unpaired) electrons. The standard InChI is InChI=1S/C23H20F3N3O3S/c1-14(15-5-3-2-4-6-15)27-21(30)9-10-33-22-28-17(12-20(29-22)23(24,25)26)16-7-8-18-19(11-16)32-13-31-18/h2-8,11-12,14H,9-10,13H2,1H3,(H,27,30)/t14-/m1/s1. The topological polar surface area (TPSA) is 73.3 Å². The van der Waals surface area contributed by atoms with Crippen LogP contribution in [0.15, 0.2) is 59.8 Å². The van der Waals surface area contributed by atoms with Crippen molar-refractivity contribution in [1.82, 2.24) is 15.3 Å². The number of thioether (sulfide) groups is 1. The fourth-order valence-corrected chi connectivity index (χ4v) is 4.01. The van der Waals surface area contributed by atoms with Crippen LogP contribution in [0, 0.1) is 0 Å². The minimum atomic E-state index is -4.63. The summed E-state index contributed by atoms with van der Waals surface area (Å²) in [6.07, 6.45) is -4.52. The van der Waals surface area contributed by atoms with E-state index in [0.29, 0.717) is 17.1 Å². The van der Waals surface area contributed by atoms with Crippen molar-refractivity contribution in [2.24, 2.45) is 0 Å². The Balaban J connectivity index is 1.45. The second-order valence-corrected chi connectivity index (χ2v) is 8.35. The van der Waals surface area contributed by atoms with Crippen LogP contribution in [0.4, 0.5) is 13.2 Å². The molecule has 1 aromatic heterocycles. The average Bonchev–Trinajstić information content (AvgIpc) is 3.27. The van der Waals surface area contributed by atoms with Gasteiger partial charge >= 0.3 is 6.18 Å². The second kappa shape index (κ2) is 9.70. The molecule has 0 saturated heterocycles. The molecule has 1 atom stereocenters. The molecule has 0 fully saturated rings. The van der Waals surface area contributed by atoms with Gasteiger partial charge in [0, 0.05) is 17.7 Å². The number of aromatic nitrogens is 2. The van der Waals surface area contributed by atoms with Crippen molar-refractivity contribution >= 4 is 17.7 Å². The Labute approximate surface area is 192 Å². The Kier molecular flexibility index (Phi) is 6.73. The highest BCUT2D eigenvalue weighted by Crippen LogP contribution is 2.37. The Morgan fingerprint density at radius 2 is 1.85 bits per heavy atom. The largest absolute Gasteiger partial charge is 0.454 e. The van der Waals surface area contributed by atoms with Gasteiger partial charge in [0.25, 0.3) is 0 Å². The quantitative estimate of drug-likeness (QED) is 0.372. The maximum absolute atomic E-state index is 13.4. The summed E-state index contributed by atoms with van der Waals surface area (Å²) in [5.74, 6) is 0.990. The first-order valence-electron chi connectivity index (χ1n) is 10.1. The van der Waals surface area contributed by atoms with Crippen LogP contribution in [0.3, 0.4) is 0 Å². The average molecular weight is 475 g/mol. The SMILES string of the molecule is C[C@@H](NC(=O)CCSc1nc(-c2ccc3c(c2)OCO3)cc(C(F)(F)F)n1)c1ccccc1. The number of fused-ring (bicyclic) bond motifs is 1. The highest BCUT2D eigenvalue weighted by atomic mass is 32.2. The van der Waals surface area contributed by atoms with Crippen LogP contribution in [-0.2, 0) is 11.0 Å². The van der Waals surface area contributed by atoms with Crippen molar-refractivity contribution in [3.63, 3.8) is 0 Å². The summed E-state index contributed by atoms with van der Waals surface area (Å²) in [5, 5.41) is 2.83. The molecule has 0 aliphatic carbocycles. The minimum Gasteiger partial charge on any atom is -0.454 e. The van der Waals surface area contributed by atoms with Gasteiger partial charge < -0.3 is 14.8 Å². The van der Waals surface area contributed by atoms with Gasteiger partial charge in [0.2, 0.25) is 12.7 Å². The number of rotatable bonds is 7. The van der Waals surface area contributed by atoms with Gasteiger partial charge in [-0.25, -0.2) is 9.97 Å². The van der Waals surface area contributed by atoms with Gasteiger partial charge in [-0.05, 0) is 36.8 Å². The second-order valence-electron chi connectivity index (χ2n) is 7.29. The van der Waals surface area contributed by atoms with Crippen LogP contribution in [0.5, 0.6) is 11.5 Å². The molecular weight excluding hydrogens is 455 g/mol. The first-order chi connectivity index (χ1) is 15.8. The summed E-state index contributed by atoms with van der Waals surface area (Å²) in [6, 6.07) is 15.0. The normalized spacial score (nSPS) is 13.6. The van der Waals surface area contributed by atoms with Crippen molar-refractivity contribution in [2.45, 2.75) is 30.7 Å². The summed E-state index contributed by atoms with van der Waals surface area (Å²) in [7, 11) is 0. The van der Waals surface area contributed by atoms with E-state index in [1.54, 1.807) is 18.2 Å². The molecular formula is C23H20F3N3O3S. The van der Waals surface area contributed by atoms with E-state index in [-0.39, 0.29) is 41.8 Å². The Morgan fingerprint density at radius 3 is 2.61 bits per heavy atom. The van der Waals surface area contributed by atoms with Gasteiger partial charge in [-0.15, -0.1) is 0 Å². The molecule has 1 amide bonds. The Morgan fingerprint density at radius 1 is 1.09 bits per heavy atom. The fourth-order valence-electron chi connectivity index (χ4n) is 3.21. The molecule has 10 heteroatoms.